The van der Waals surface area contributed by atoms with Gasteiger partial charge in [-0.3, -0.25) is 29.0 Å². The first-order valence-electron chi connectivity index (χ1n) is 29.8. The number of thioether (sulfide) groups is 4. The summed E-state index contributed by atoms with van der Waals surface area (Å²) < 4.78 is 21.5. The van der Waals surface area contributed by atoms with E-state index in [0.717, 1.165) is 39.2 Å². The van der Waals surface area contributed by atoms with Crippen LogP contribution < -0.4 is 21.7 Å². The van der Waals surface area contributed by atoms with Gasteiger partial charge in [0.25, 0.3) is 23.6 Å². The number of carboxylic acids is 2. The number of benzene rings is 5. The Kier molecular flexibility index (Phi) is 21.2. The highest BCUT2D eigenvalue weighted by Crippen LogP contribution is 2.55. The maximum Gasteiger partial charge on any atom is 0.353 e. The summed E-state index contributed by atoms with van der Waals surface area (Å²) in [6, 6.07) is 48.3. The Morgan fingerprint density at radius 1 is 0.667 bits per heavy atom. The molecular formula is C66H62N10O14S6. The third-order valence-electron chi connectivity index (χ3n) is 16.2. The summed E-state index contributed by atoms with van der Waals surface area (Å²) in [6.45, 7) is 1.26. The van der Waals surface area contributed by atoms with Gasteiger partial charge in [0, 0.05) is 49.5 Å². The number of hydrogen-bond acceptors (Lipinski definition) is 24. The molecular weight excluding hydrogens is 1350 g/mol. The number of nitrogen functional groups attached to an aromatic ring is 1. The van der Waals surface area contributed by atoms with Gasteiger partial charge in [0.15, 0.2) is 27.2 Å². The zero-order chi connectivity index (χ0) is 66.9. The largest absolute Gasteiger partial charge is 0.477 e. The molecule has 0 saturated carbocycles. The first-order chi connectivity index (χ1) is 46.7. The number of β-lactam (4-membered cyclic amide) rings is 2. The summed E-state index contributed by atoms with van der Waals surface area (Å²) in [4.78, 5) is 104. The average Bonchev–Trinajstić information content (AvgIpc) is 0.708. The zero-order valence-corrected chi connectivity index (χ0v) is 56.1. The first-order valence-corrected chi connectivity index (χ1v) is 35.6. The summed E-state index contributed by atoms with van der Waals surface area (Å²) in [5.74, 6) is -3.98. The number of nitrogens with two attached hydrogens (primary N) is 1. The van der Waals surface area contributed by atoms with Crippen molar-refractivity contribution in [1.29, 1.82) is 0 Å². The van der Waals surface area contributed by atoms with Gasteiger partial charge >= 0.3 is 11.9 Å². The lowest BCUT2D eigenvalue weighted by Crippen LogP contribution is -2.82. The lowest BCUT2D eigenvalue weighted by molar-refractivity contribution is -0.159. The number of hydrogen-bond donors (Lipinski definition) is 6. The van der Waals surface area contributed by atoms with Crippen LogP contribution in [-0.4, -0.2) is 176 Å². The third-order valence-corrected chi connectivity index (χ3v) is 23.1. The predicted molar refractivity (Wildman–Crippen MR) is 368 cm³/mol. The van der Waals surface area contributed by atoms with Gasteiger partial charge in [0.1, 0.15) is 72.9 Å². The number of nitrogens with zero attached hydrogens (tertiary/aromatic N) is 6. The molecule has 7 aromatic rings. The fourth-order valence-corrected chi connectivity index (χ4v) is 18.7. The number of carbonyl (C=O) groups excluding carboxylic acids is 4. The van der Waals surface area contributed by atoms with Gasteiger partial charge in [0.2, 0.25) is 0 Å². The number of oxime groups is 2. The van der Waals surface area contributed by atoms with Gasteiger partial charge in [-0.25, -0.2) is 19.6 Å². The smallest absolute Gasteiger partial charge is 0.353 e. The monoisotopic (exact) mass is 1410 g/mol. The molecule has 496 valence electrons. The van der Waals surface area contributed by atoms with E-state index in [1.807, 2.05) is 115 Å². The van der Waals surface area contributed by atoms with Crippen molar-refractivity contribution in [2.45, 2.75) is 46.0 Å². The SMILES string of the molecule is CO/N=C(\C(=O)NC1(C(c2ccccc2)c2ccccc2)C(=O)N2C(C(=O)O)=C(SCC3COCO3)CS[C@H]21)c1csc(NC(c2ccccc2)(c2ccccc2)c2ccccc2)n1.CO/N=C(\C(=O)NC1C(=O)N2C(C(=O)O)=C(SCC3COCO3)CS[C@@H]12)c1csc(N)n1. The normalized spacial score (nSPS) is 21.7. The molecule has 6 aliphatic rings. The van der Waals surface area contributed by atoms with Gasteiger partial charge < -0.3 is 60.5 Å². The van der Waals surface area contributed by atoms with Crippen molar-refractivity contribution < 1.29 is 67.6 Å². The quantitative estimate of drug-likeness (QED) is 0.0146. The fourth-order valence-electron chi connectivity index (χ4n) is 12.0. The number of carboxylic acid groups (broad SMARTS) is 2. The van der Waals surface area contributed by atoms with Crippen molar-refractivity contribution in [3.05, 3.63) is 223 Å². The molecule has 4 fully saturated rings. The molecule has 0 radical (unpaired) electrons. The highest BCUT2D eigenvalue weighted by Gasteiger charge is 2.69. The number of ether oxygens (including phenoxy) is 4. The Bertz CT molecular complexity index is 3990. The minimum Gasteiger partial charge on any atom is -0.477 e. The summed E-state index contributed by atoms with van der Waals surface area (Å²) >= 11 is 7.88. The number of rotatable bonds is 24. The highest BCUT2D eigenvalue weighted by atomic mass is 32.2. The molecule has 13 rings (SSSR count). The van der Waals surface area contributed by atoms with E-state index in [2.05, 4.69) is 67.6 Å². The maximum absolute atomic E-state index is 15.3. The summed E-state index contributed by atoms with van der Waals surface area (Å²) in [7, 11) is 2.62. The van der Waals surface area contributed by atoms with Crippen LogP contribution in [0.4, 0.5) is 10.3 Å². The molecule has 96 heavy (non-hydrogen) atoms. The molecule has 6 aliphatic heterocycles. The van der Waals surface area contributed by atoms with Crippen LogP contribution in [0.15, 0.2) is 194 Å². The van der Waals surface area contributed by atoms with Crippen LogP contribution in [0.2, 0.25) is 0 Å². The van der Waals surface area contributed by atoms with Crippen LogP contribution in [0, 0.1) is 0 Å². The van der Waals surface area contributed by atoms with E-state index in [4.69, 9.17) is 39.3 Å². The summed E-state index contributed by atoms with van der Waals surface area (Å²) in [5, 5.41) is 40.6. The summed E-state index contributed by atoms with van der Waals surface area (Å²) in [6.07, 6.45) is -0.324. The van der Waals surface area contributed by atoms with Gasteiger partial charge in [-0.1, -0.05) is 162 Å². The number of carbonyl (C=O) groups is 6. The second-order valence-electron chi connectivity index (χ2n) is 21.9. The minimum atomic E-state index is -1.68. The average molecular weight is 1410 g/mol. The summed E-state index contributed by atoms with van der Waals surface area (Å²) in [5.41, 5.74) is 7.43. The number of anilines is 2. The fraction of sp³-hybridized carbons (Fsp3) is 0.273. The molecule has 4 saturated heterocycles. The number of aromatic nitrogens is 2. The number of nitrogens with one attached hydrogen (secondary N) is 3. The van der Waals surface area contributed by atoms with E-state index in [1.54, 1.807) is 10.8 Å². The Morgan fingerprint density at radius 3 is 1.60 bits per heavy atom. The van der Waals surface area contributed by atoms with E-state index < -0.39 is 69.4 Å². The van der Waals surface area contributed by atoms with Crippen molar-refractivity contribution in [3.8, 4) is 0 Å². The Balaban J connectivity index is 0.000000230. The molecule has 8 heterocycles. The maximum atomic E-state index is 15.3. The number of amides is 4. The molecule has 5 aromatic carbocycles. The van der Waals surface area contributed by atoms with Crippen molar-refractivity contribution in [3.63, 3.8) is 0 Å². The van der Waals surface area contributed by atoms with E-state index in [-0.39, 0.29) is 70.9 Å². The molecule has 4 amide bonds. The Morgan fingerprint density at radius 2 is 1.14 bits per heavy atom. The molecule has 6 atom stereocenters. The van der Waals surface area contributed by atoms with Gasteiger partial charge in [-0.05, 0) is 27.8 Å². The molecule has 2 aromatic heterocycles. The van der Waals surface area contributed by atoms with E-state index in [0.29, 0.717) is 45.4 Å². The zero-order valence-electron chi connectivity index (χ0n) is 51.2. The van der Waals surface area contributed by atoms with Crippen molar-refractivity contribution in [2.24, 2.45) is 10.3 Å². The predicted octanol–water partition coefficient (Wildman–Crippen LogP) is 7.78. The topological polar surface area (TPSA) is 317 Å². The van der Waals surface area contributed by atoms with Crippen LogP contribution in [0.1, 0.15) is 45.1 Å². The van der Waals surface area contributed by atoms with Crippen molar-refractivity contribution >= 4 is 127 Å². The molecule has 0 aliphatic carbocycles. The molecule has 30 heteroatoms. The van der Waals surface area contributed by atoms with Crippen LogP contribution in [0.25, 0.3) is 0 Å². The van der Waals surface area contributed by atoms with Crippen molar-refractivity contribution in [2.75, 3.05) is 75.1 Å². The molecule has 4 unspecified atom stereocenters. The molecule has 24 nitrogen and oxygen atoms in total. The van der Waals surface area contributed by atoms with E-state index >= 15 is 9.59 Å². The van der Waals surface area contributed by atoms with E-state index in [1.165, 1.54) is 82.4 Å². The lowest BCUT2D eigenvalue weighted by Gasteiger charge is -2.60. The Labute approximate surface area is 575 Å². The highest BCUT2D eigenvalue weighted by molar-refractivity contribution is 8.06. The first kappa shape index (κ1) is 67.4. The molecule has 0 spiro atoms. The van der Waals surface area contributed by atoms with Crippen LogP contribution >= 0.6 is 69.7 Å². The van der Waals surface area contributed by atoms with Gasteiger partial charge in [0.05, 0.1) is 25.4 Å². The molecule has 7 N–H and O–H groups in total. The lowest BCUT2D eigenvalue weighted by atomic mass is 9.68. The van der Waals surface area contributed by atoms with Crippen LogP contribution in [0.3, 0.4) is 0 Å². The Hall–Kier alpha value is -8.56. The minimum absolute atomic E-state index is 0.0637. The van der Waals surface area contributed by atoms with Crippen LogP contribution in [-0.2, 0) is 62.9 Å². The van der Waals surface area contributed by atoms with Gasteiger partial charge in [-0.15, -0.1) is 69.7 Å². The molecule has 0 bridgehead atoms. The third kappa shape index (κ3) is 13.6. The van der Waals surface area contributed by atoms with Crippen LogP contribution in [0.5, 0.6) is 0 Å². The van der Waals surface area contributed by atoms with E-state index in [9.17, 15) is 29.4 Å². The number of aliphatic carboxylic acids is 2. The van der Waals surface area contributed by atoms with Crippen molar-refractivity contribution in [1.82, 2.24) is 30.4 Å². The number of fused-ring (bicyclic) bond motifs is 2. The second-order valence-corrected chi connectivity index (χ2v) is 28.1. The van der Waals surface area contributed by atoms with Gasteiger partial charge in [-0.2, -0.15) is 0 Å². The number of thiazole rings is 2. The second kappa shape index (κ2) is 30.2. The standard InChI is InChI=1S/C49H43N5O7S3.C17H19N5O7S3/c1-59-53-41(38-29-64-47(50-38)52-48(34-21-11-4-12-22-34,35-23-13-5-14-24-35)36-25-15-6-16-26-36)43(55)51-49(40(32-17-7-2-8-18-32)33-19-9-3-10-20-33)45(58)54-42(44(56)57)39(30-63-46(49)54)62-28-37-27-60-31-61-37;1-27-21-10(8-4-32-17(18)19-8)13(23)20-11-14(24)22-12(16(25)26)9(5-31-15(11)22)30-3-7-2-28-6-29-7/h2-26,29,37,40,46H,27-28,30-31H2,1H3,(H,50,52)(H,51,55)(H,56,57);4,7,11,15H,2-3,5-6H2,1H3,(H2,18,19)(H,20,23)(H,25,26)/b53-41-;21-10-/t37?,46-,49?;7?,11?,15-/m00/s1.